The zero-order valence-electron chi connectivity index (χ0n) is 13.3. The summed E-state index contributed by atoms with van der Waals surface area (Å²) < 4.78 is 16.3. The van der Waals surface area contributed by atoms with Crippen molar-refractivity contribution in [2.24, 2.45) is 0 Å². The van der Waals surface area contributed by atoms with E-state index in [1.54, 1.807) is 21.3 Å². The van der Waals surface area contributed by atoms with E-state index in [1.807, 2.05) is 30.3 Å². The van der Waals surface area contributed by atoms with Gasteiger partial charge in [-0.25, -0.2) is 0 Å². The Labute approximate surface area is 139 Å². The number of aromatic nitrogens is 1. The topological polar surface area (TPSA) is 43.5 Å². The van der Waals surface area contributed by atoms with Gasteiger partial charge in [0.2, 0.25) is 5.75 Å². The van der Waals surface area contributed by atoms with Gasteiger partial charge in [0, 0.05) is 28.6 Å². The minimum atomic E-state index is 0.597. The van der Waals surface area contributed by atoms with E-state index < -0.39 is 0 Å². The largest absolute Gasteiger partial charge is 0.493 e. The molecule has 0 atom stereocenters. The molecule has 0 amide bonds. The smallest absolute Gasteiger partial charge is 0.204 e. The molecule has 0 saturated carbocycles. The lowest BCUT2D eigenvalue weighted by Crippen LogP contribution is -1.95. The highest BCUT2D eigenvalue weighted by atomic mass is 35.5. The summed E-state index contributed by atoms with van der Waals surface area (Å²) in [4.78, 5) is 3.41. The third-order valence-electron chi connectivity index (χ3n) is 3.79. The number of halogens is 1. The lowest BCUT2D eigenvalue weighted by Gasteiger charge is -2.12. The molecular weight excluding hydrogens is 314 g/mol. The monoisotopic (exact) mass is 331 g/mol. The van der Waals surface area contributed by atoms with Crippen molar-refractivity contribution in [1.82, 2.24) is 4.98 Å². The maximum atomic E-state index is 5.93. The fraction of sp³-hybridized carbons (Fsp3) is 0.222. The second kappa shape index (κ2) is 6.42. The first-order valence-corrected chi connectivity index (χ1v) is 7.59. The molecule has 120 valence electrons. The van der Waals surface area contributed by atoms with Crippen LogP contribution in [0.15, 0.2) is 36.4 Å². The molecule has 2 aromatic carbocycles. The van der Waals surface area contributed by atoms with Gasteiger partial charge >= 0.3 is 0 Å². The van der Waals surface area contributed by atoms with Gasteiger partial charge in [-0.3, -0.25) is 0 Å². The third kappa shape index (κ3) is 2.94. The molecule has 0 radical (unpaired) electrons. The van der Waals surface area contributed by atoms with Crippen LogP contribution in [-0.2, 0) is 6.42 Å². The fourth-order valence-corrected chi connectivity index (χ4v) is 2.85. The van der Waals surface area contributed by atoms with Crippen LogP contribution in [0.3, 0.4) is 0 Å². The van der Waals surface area contributed by atoms with Crippen LogP contribution in [-0.4, -0.2) is 26.3 Å². The zero-order valence-corrected chi connectivity index (χ0v) is 14.0. The standard InChI is InChI=1S/C18H18ClNO3/c1-21-16-10-15-14(17(22-2)18(16)23-3)9-13(20-15)8-11-4-6-12(19)7-5-11/h4-7,9-10,20H,8H2,1-3H3. The molecule has 0 bridgehead atoms. The van der Waals surface area contributed by atoms with E-state index >= 15 is 0 Å². The first kappa shape index (κ1) is 15.6. The molecule has 1 N–H and O–H groups in total. The number of benzene rings is 2. The van der Waals surface area contributed by atoms with E-state index in [0.29, 0.717) is 17.2 Å². The second-order valence-electron chi connectivity index (χ2n) is 5.20. The summed E-state index contributed by atoms with van der Waals surface area (Å²) >= 11 is 5.93. The number of methoxy groups -OCH3 is 3. The third-order valence-corrected chi connectivity index (χ3v) is 4.04. The van der Waals surface area contributed by atoms with Crippen molar-refractivity contribution in [3.05, 3.63) is 52.7 Å². The first-order chi connectivity index (χ1) is 11.2. The predicted octanol–water partition coefficient (Wildman–Crippen LogP) is 4.44. The molecule has 0 aliphatic carbocycles. The molecule has 0 fully saturated rings. The van der Waals surface area contributed by atoms with Crippen LogP contribution in [0.5, 0.6) is 17.2 Å². The van der Waals surface area contributed by atoms with Crippen molar-refractivity contribution in [3.8, 4) is 17.2 Å². The summed E-state index contributed by atoms with van der Waals surface area (Å²) in [6.45, 7) is 0. The van der Waals surface area contributed by atoms with Crippen LogP contribution in [0.4, 0.5) is 0 Å². The van der Waals surface area contributed by atoms with Gasteiger partial charge in [-0.15, -0.1) is 0 Å². The Morgan fingerprint density at radius 3 is 2.22 bits per heavy atom. The molecule has 0 unspecified atom stereocenters. The Bertz CT molecular complexity index is 824. The summed E-state index contributed by atoms with van der Waals surface area (Å²) in [6.07, 6.45) is 0.777. The summed E-state index contributed by atoms with van der Waals surface area (Å²) in [5.74, 6) is 1.90. The number of aromatic amines is 1. The van der Waals surface area contributed by atoms with E-state index in [4.69, 9.17) is 25.8 Å². The fourth-order valence-electron chi connectivity index (χ4n) is 2.73. The second-order valence-corrected chi connectivity index (χ2v) is 5.64. The van der Waals surface area contributed by atoms with Crippen LogP contribution < -0.4 is 14.2 Å². The number of ether oxygens (including phenoxy) is 3. The maximum absolute atomic E-state index is 5.93. The Morgan fingerprint density at radius 1 is 0.913 bits per heavy atom. The van der Waals surface area contributed by atoms with Gasteiger partial charge in [0.1, 0.15) is 0 Å². The normalized spacial score (nSPS) is 10.8. The van der Waals surface area contributed by atoms with Gasteiger partial charge in [0.25, 0.3) is 0 Å². The highest BCUT2D eigenvalue weighted by molar-refractivity contribution is 6.30. The summed E-state index contributed by atoms with van der Waals surface area (Å²) in [5, 5.41) is 1.70. The van der Waals surface area contributed by atoms with Gasteiger partial charge in [-0.2, -0.15) is 0 Å². The zero-order chi connectivity index (χ0) is 16.4. The van der Waals surface area contributed by atoms with Gasteiger partial charge in [-0.05, 0) is 23.8 Å². The molecule has 23 heavy (non-hydrogen) atoms. The lowest BCUT2D eigenvalue weighted by atomic mass is 10.1. The molecular formula is C18H18ClNO3. The number of fused-ring (bicyclic) bond motifs is 1. The average Bonchev–Trinajstić information content (AvgIpc) is 2.96. The number of rotatable bonds is 5. The van der Waals surface area contributed by atoms with Crippen molar-refractivity contribution >= 4 is 22.5 Å². The van der Waals surface area contributed by atoms with Crippen molar-refractivity contribution in [3.63, 3.8) is 0 Å². The predicted molar refractivity (Wildman–Crippen MR) is 92.2 cm³/mol. The number of H-pyrrole nitrogens is 1. The SMILES string of the molecule is COc1cc2[nH]c(Cc3ccc(Cl)cc3)cc2c(OC)c1OC. The first-order valence-electron chi connectivity index (χ1n) is 7.21. The molecule has 1 heterocycles. The molecule has 5 heteroatoms. The van der Waals surface area contributed by atoms with Crippen LogP contribution >= 0.6 is 11.6 Å². The quantitative estimate of drug-likeness (QED) is 0.751. The summed E-state index contributed by atoms with van der Waals surface area (Å²) in [6, 6.07) is 11.8. The van der Waals surface area contributed by atoms with Crippen LogP contribution in [0, 0.1) is 0 Å². The number of hydrogen-bond acceptors (Lipinski definition) is 3. The molecule has 0 aliphatic heterocycles. The van der Waals surface area contributed by atoms with E-state index in [-0.39, 0.29) is 0 Å². The lowest BCUT2D eigenvalue weighted by molar-refractivity contribution is 0.327. The van der Waals surface area contributed by atoms with Crippen molar-refractivity contribution in [2.75, 3.05) is 21.3 Å². The van der Waals surface area contributed by atoms with E-state index in [1.165, 1.54) is 5.56 Å². The van der Waals surface area contributed by atoms with Crippen molar-refractivity contribution < 1.29 is 14.2 Å². The van der Waals surface area contributed by atoms with E-state index in [0.717, 1.165) is 28.0 Å². The Balaban J connectivity index is 2.05. The van der Waals surface area contributed by atoms with Gasteiger partial charge < -0.3 is 19.2 Å². The number of hydrogen-bond donors (Lipinski definition) is 1. The van der Waals surface area contributed by atoms with Crippen molar-refractivity contribution in [2.45, 2.75) is 6.42 Å². The highest BCUT2D eigenvalue weighted by Gasteiger charge is 2.17. The molecule has 0 aliphatic rings. The number of nitrogens with one attached hydrogen (secondary N) is 1. The van der Waals surface area contributed by atoms with E-state index in [9.17, 15) is 0 Å². The molecule has 1 aromatic heterocycles. The Hall–Kier alpha value is -2.33. The van der Waals surface area contributed by atoms with Crippen molar-refractivity contribution in [1.29, 1.82) is 0 Å². The van der Waals surface area contributed by atoms with Crippen LogP contribution in [0.2, 0.25) is 5.02 Å². The van der Waals surface area contributed by atoms with E-state index in [2.05, 4.69) is 11.1 Å². The molecule has 0 spiro atoms. The molecule has 4 nitrogen and oxygen atoms in total. The van der Waals surface area contributed by atoms with Gasteiger partial charge in [0.05, 0.1) is 26.8 Å². The Morgan fingerprint density at radius 2 is 1.61 bits per heavy atom. The minimum Gasteiger partial charge on any atom is -0.493 e. The highest BCUT2D eigenvalue weighted by Crippen LogP contribution is 2.43. The molecule has 3 aromatic rings. The van der Waals surface area contributed by atoms with Gasteiger partial charge in [-0.1, -0.05) is 23.7 Å². The molecule has 0 saturated heterocycles. The average molecular weight is 332 g/mol. The maximum Gasteiger partial charge on any atom is 0.204 e. The van der Waals surface area contributed by atoms with Gasteiger partial charge in [0.15, 0.2) is 11.5 Å². The minimum absolute atomic E-state index is 0.597. The summed E-state index contributed by atoms with van der Waals surface area (Å²) in [7, 11) is 4.84. The van der Waals surface area contributed by atoms with Crippen LogP contribution in [0.25, 0.3) is 10.9 Å². The van der Waals surface area contributed by atoms with Crippen LogP contribution in [0.1, 0.15) is 11.3 Å². The molecule has 3 rings (SSSR count). The summed E-state index contributed by atoms with van der Waals surface area (Å²) in [5.41, 5.74) is 3.21. The Kier molecular flexibility index (Phi) is 4.35.